The molecular weight excluding hydrogens is 248 g/mol. The van der Waals surface area contributed by atoms with Gasteiger partial charge in [0.05, 0.1) is 13.5 Å². The normalized spacial score (nSPS) is 9.79. The number of nitrogens with one attached hydrogen (secondary N) is 1. The molecule has 2 amide bonds. The number of hydrogen-bond donors (Lipinski definition) is 2. The van der Waals surface area contributed by atoms with Crippen LogP contribution >= 0.6 is 0 Å². The molecule has 0 spiro atoms. The summed E-state index contributed by atoms with van der Waals surface area (Å²) in [6.45, 7) is 0.507. The average molecular weight is 266 g/mol. The Morgan fingerprint density at radius 2 is 2.05 bits per heavy atom. The van der Waals surface area contributed by atoms with E-state index in [4.69, 9.17) is 9.84 Å². The lowest BCUT2D eigenvalue weighted by Gasteiger charge is -2.17. The number of para-hydroxylation sites is 1. The van der Waals surface area contributed by atoms with E-state index in [0.29, 0.717) is 12.3 Å². The Morgan fingerprint density at radius 3 is 2.68 bits per heavy atom. The number of aliphatic carboxylic acids is 1. The molecule has 0 atom stereocenters. The number of amides is 2. The number of benzene rings is 1. The van der Waals surface area contributed by atoms with Crippen LogP contribution in [-0.2, 0) is 11.3 Å². The molecule has 0 aromatic heterocycles. The van der Waals surface area contributed by atoms with Crippen molar-refractivity contribution in [3.63, 3.8) is 0 Å². The van der Waals surface area contributed by atoms with Crippen molar-refractivity contribution in [3.05, 3.63) is 29.8 Å². The lowest BCUT2D eigenvalue weighted by molar-refractivity contribution is -0.137. The molecule has 0 unspecified atom stereocenters. The van der Waals surface area contributed by atoms with Gasteiger partial charge in [0, 0.05) is 25.7 Å². The maximum atomic E-state index is 11.7. The monoisotopic (exact) mass is 266 g/mol. The zero-order valence-corrected chi connectivity index (χ0v) is 11.0. The van der Waals surface area contributed by atoms with Crippen molar-refractivity contribution >= 4 is 12.0 Å². The SMILES string of the molecule is COc1ccccc1CNC(=O)N(C)CCC(=O)O. The molecule has 0 radical (unpaired) electrons. The minimum Gasteiger partial charge on any atom is -0.496 e. The van der Waals surface area contributed by atoms with Gasteiger partial charge in [-0.2, -0.15) is 0 Å². The molecule has 0 saturated heterocycles. The Bertz CT molecular complexity index is 448. The van der Waals surface area contributed by atoms with Crippen LogP contribution in [-0.4, -0.2) is 42.7 Å². The summed E-state index contributed by atoms with van der Waals surface area (Å²) in [4.78, 5) is 23.5. The number of carbonyl (C=O) groups excluding carboxylic acids is 1. The van der Waals surface area contributed by atoms with Crippen molar-refractivity contribution in [1.82, 2.24) is 10.2 Å². The average Bonchev–Trinajstić information content (AvgIpc) is 2.42. The molecule has 104 valence electrons. The molecule has 1 rings (SSSR count). The lowest BCUT2D eigenvalue weighted by atomic mass is 10.2. The molecule has 1 aromatic rings. The molecule has 0 aliphatic carbocycles. The second-order valence-electron chi connectivity index (χ2n) is 4.04. The number of nitrogens with zero attached hydrogens (tertiary/aromatic N) is 1. The van der Waals surface area contributed by atoms with E-state index >= 15 is 0 Å². The molecule has 1 aromatic carbocycles. The zero-order chi connectivity index (χ0) is 14.3. The van der Waals surface area contributed by atoms with Crippen molar-refractivity contribution in [1.29, 1.82) is 0 Å². The van der Waals surface area contributed by atoms with Gasteiger partial charge < -0.3 is 20.1 Å². The van der Waals surface area contributed by atoms with E-state index in [2.05, 4.69) is 5.32 Å². The van der Waals surface area contributed by atoms with Crippen molar-refractivity contribution < 1.29 is 19.4 Å². The van der Waals surface area contributed by atoms with E-state index < -0.39 is 5.97 Å². The Labute approximate surface area is 112 Å². The van der Waals surface area contributed by atoms with E-state index in [1.165, 1.54) is 4.90 Å². The fourth-order valence-electron chi connectivity index (χ4n) is 1.52. The number of carboxylic acid groups (broad SMARTS) is 1. The highest BCUT2D eigenvalue weighted by Gasteiger charge is 2.10. The van der Waals surface area contributed by atoms with Crippen molar-refractivity contribution in [2.24, 2.45) is 0 Å². The minimum absolute atomic E-state index is 0.0709. The van der Waals surface area contributed by atoms with Crippen molar-refractivity contribution in [3.8, 4) is 5.75 Å². The molecule has 0 bridgehead atoms. The van der Waals surface area contributed by atoms with Crippen LogP contribution in [0, 0.1) is 0 Å². The quantitative estimate of drug-likeness (QED) is 0.813. The van der Waals surface area contributed by atoms with Gasteiger partial charge in [-0.3, -0.25) is 4.79 Å². The summed E-state index contributed by atoms with van der Waals surface area (Å²) in [7, 11) is 3.13. The largest absolute Gasteiger partial charge is 0.496 e. The summed E-state index contributed by atoms with van der Waals surface area (Å²) in [6, 6.07) is 7.07. The Balaban J connectivity index is 2.47. The fraction of sp³-hybridized carbons (Fsp3) is 0.385. The minimum atomic E-state index is -0.927. The Hall–Kier alpha value is -2.24. The number of methoxy groups -OCH3 is 1. The lowest BCUT2D eigenvalue weighted by Crippen LogP contribution is -2.38. The van der Waals surface area contributed by atoms with Gasteiger partial charge >= 0.3 is 12.0 Å². The standard InChI is InChI=1S/C13H18N2O4/c1-15(8-7-12(16)17)13(18)14-9-10-5-3-4-6-11(10)19-2/h3-6H,7-9H2,1-2H3,(H,14,18)(H,16,17). The number of carboxylic acids is 1. The first-order chi connectivity index (χ1) is 9.04. The number of rotatable bonds is 6. The number of carbonyl (C=O) groups is 2. The van der Waals surface area contributed by atoms with Crippen LogP contribution in [0.25, 0.3) is 0 Å². The van der Waals surface area contributed by atoms with Crippen LogP contribution in [0.4, 0.5) is 4.79 Å². The molecule has 6 nitrogen and oxygen atoms in total. The highest BCUT2D eigenvalue weighted by molar-refractivity contribution is 5.75. The third-order valence-corrected chi connectivity index (χ3v) is 2.63. The smallest absolute Gasteiger partial charge is 0.317 e. The molecule has 0 aliphatic heterocycles. The van der Waals surface area contributed by atoms with Crippen LogP contribution in [0.1, 0.15) is 12.0 Å². The Kier molecular flexibility index (Phi) is 5.66. The first-order valence-corrected chi connectivity index (χ1v) is 5.87. The molecule has 19 heavy (non-hydrogen) atoms. The molecule has 6 heteroatoms. The van der Waals surface area contributed by atoms with E-state index in [0.717, 1.165) is 5.56 Å². The second-order valence-corrected chi connectivity index (χ2v) is 4.04. The van der Waals surface area contributed by atoms with E-state index in [9.17, 15) is 9.59 Å². The van der Waals surface area contributed by atoms with Gasteiger partial charge in [0.1, 0.15) is 5.75 Å². The topological polar surface area (TPSA) is 78.9 Å². The number of hydrogen-bond acceptors (Lipinski definition) is 3. The van der Waals surface area contributed by atoms with Gasteiger partial charge in [0.15, 0.2) is 0 Å². The van der Waals surface area contributed by atoms with Gasteiger partial charge in [0.25, 0.3) is 0 Å². The van der Waals surface area contributed by atoms with Crippen LogP contribution < -0.4 is 10.1 Å². The van der Waals surface area contributed by atoms with Crippen molar-refractivity contribution in [2.45, 2.75) is 13.0 Å². The van der Waals surface area contributed by atoms with E-state index in [1.54, 1.807) is 14.2 Å². The Morgan fingerprint density at radius 1 is 1.37 bits per heavy atom. The highest BCUT2D eigenvalue weighted by Crippen LogP contribution is 2.16. The molecule has 0 heterocycles. The third kappa shape index (κ3) is 4.87. The summed E-state index contributed by atoms with van der Waals surface area (Å²) >= 11 is 0. The first kappa shape index (κ1) is 14.8. The summed E-state index contributed by atoms with van der Waals surface area (Å²) in [5.41, 5.74) is 0.866. The van der Waals surface area contributed by atoms with Gasteiger partial charge in [0.2, 0.25) is 0 Å². The summed E-state index contributed by atoms with van der Waals surface area (Å²) in [5, 5.41) is 11.3. The summed E-state index contributed by atoms with van der Waals surface area (Å²) in [5.74, 6) is -0.222. The van der Waals surface area contributed by atoms with Crippen LogP contribution in [0.5, 0.6) is 5.75 Å². The molecule has 0 aliphatic rings. The molecule has 0 saturated carbocycles. The predicted octanol–water partition coefficient (Wildman–Crippen LogP) is 1.31. The van der Waals surface area contributed by atoms with Gasteiger partial charge in [-0.15, -0.1) is 0 Å². The number of urea groups is 1. The van der Waals surface area contributed by atoms with E-state index in [1.807, 2.05) is 24.3 Å². The first-order valence-electron chi connectivity index (χ1n) is 5.87. The fourth-order valence-corrected chi connectivity index (χ4v) is 1.52. The third-order valence-electron chi connectivity index (χ3n) is 2.63. The number of ether oxygens (including phenoxy) is 1. The molecule has 2 N–H and O–H groups in total. The van der Waals surface area contributed by atoms with Crippen molar-refractivity contribution in [2.75, 3.05) is 20.7 Å². The van der Waals surface area contributed by atoms with E-state index in [-0.39, 0.29) is 19.0 Å². The van der Waals surface area contributed by atoms with Gasteiger partial charge in [-0.05, 0) is 6.07 Å². The maximum absolute atomic E-state index is 11.7. The second kappa shape index (κ2) is 7.25. The summed E-state index contributed by atoms with van der Waals surface area (Å²) < 4.78 is 5.17. The summed E-state index contributed by atoms with van der Waals surface area (Å²) in [6.07, 6.45) is -0.0709. The van der Waals surface area contributed by atoms with Crippen LogP contribution in [0.15, 0.2) is 24.3 Å². The predicted molar refractivity (Wildman–Crippen MR) is 70.1 cm³/mol. The van der Waals surface area contributed by atoms with Crippen LogP contribution in [0.3, 0.4) is 0 Å². The molecular formula is C13H18N2O4. The maximum Gasteiger partial charge on any atom is 0.317 e. The van der Waals surface area contributed by atoms with Gasteiger partial charge in [-0.1, -0.05) is 18.2 Å². The highest BCUT2D eigenvalue weighted by atomic mass is 16.5. The van der Waals surface area contributed by atoms with Gasteiger partial charge in [-0.25, -0.2) is 4.79 Å². The zero-order valence-electron chi connectivity index (χ0n) is 11.0. The molecule has 0 fully saturated rings. The van der Waals surface area contributed by atoms with Crippen LogP contribution in [0.2, 0.25) is 0 Å².